The molecule has 0 heterocycles. The summed E-state index contributed by atoms with van der Waals surface area (Å²) in [5.41, 5.74) is 4.53. The van der Waals surface area contributed by atoms with E-state index in [-0.39, 0.29) is 12.2 Å². The van der Waals surface area contributed by atoms with E-state index in [2.05, 4.69) is 13.2 Å². The van der Waals surface area contributed by atoms with Crippen molar-refractivity contribution in [2.45, 2.75) is 51.7 Å². The molecule has 0 amide bonds. The molecule has 0 saturated heterocycles. The standard InChI is InChI=1S/C33H32O6/c1-5-8-30(39-32(35)7-3)27-13-11-26-20-29(16-15-25(26)18-27)38-33(36)28-14-12-23-17-22(9-10-24(23)19-28)21(4)37-31(34)6-2/h6-7,9,11-16,18-21,30H,2-3,5,8,10,17H2,1,4H3. The number of allylic oxidation sites excluding steroid dienone is 1. The van der Waals surface area contributed by atoms with Gasteiger partial charge in [0.2, 0.25) is 0 Å². The second kappa shape index (κ2) is 12.4. The molecule has 4 rings (SSSR count). The van der Waals surface area contributed by atoms with Gasteiger partial charge in [0.25, 0.3) is 0 Å². The number of rotatable bonds is 10. The largest absolute Gasteiger partial charge is 0.455 e. The SMILES string of the molecule is C=CC(=O)OC(C)C1=CCc2cc(C(=O)Oc3ccc4cc(C(CCC)OC(=O)C=C)ccc4c3)ccc2C1. The monoisotopic (exact) mass is 524 g/mol. The Balaban J connectivity index is 1.45. The quantitative estimate of drug-likeness (QED) is 0.126. The van der Waals surface area contributed by atoms with Crippen molar-refractivity contribution >= 4 is 28.7 Å². The smallest absolute Gasteiger partial charge is 0.343 e. The average molecular weight is 525 g/mol. The minimum absolute atomic E-state index is 0.336. The molecule has 6 heteroatoms. The Morgan fingerprint density at radius 1 is 0.897 bits per heavy atom. The minimum Gasteiger partial charge on any atom is -0.455 e. The summed E-state index contributed by atoms with van der Waals surface area (Å²) in [6.45, 7) is 10.8. The number of carbonyl (C=O) groups is 3. The van der Waals surface area contributed by atoms with Crippen LogP contribution in [0.3, 0.4) is 0 Å². The molecule has 0 N–H and O–H groups in total. The summed E-state index contributed by atoms with van der Waals surface area (Å²) in [5, 5.41) is 1.86. The third kappa shape index (κ3) is 6.71. The first kappa shape index (κ1) is 27.6. The Morgan fingerprint density at radius 3 is 2.36 bits per heavy atom. The van der Waals surface area contributed by atoms with E-state index in [4.69, 9.17) is 14.2 Å². The molecule has 0 aromatic heterocycles. The second-order valence-corrected chi connectivity index (χ2v) is 9.50. The molecule has 2 atom stereocenters. The van der Waals surface area contributed by atoms with E-state index < -0.39 is 17.9 Å². The molecule has 1 aliphatic rings. The Kier molecular flexibility index (Phi) is 8.77. The highest BCUT2D eigenvalue weighted by Crippen LogP contribution is 2.30. The maximum atomic E-state index is 12.9. The lowest BCUT2D eigenvalue weighted by Crippen LogP contribution is -2.20. The van der Waals surface area contributed by atoms with Crippen LogP contribution in [0.1, 0.15) is 59.8 Å². The van der Waals surface area contributed by atoms with Crippen molar-refractivity contribution in [2.24, 2.45) is 0 Å². The van der Waals surface area contributed by atoms with Gasteiger partial charge < -0.3 is 14.2 Å². The number of ether oxygens (including phenoxy) is 3. The molecule has 0 radical (unpaired) electrons. The summed E-state index contributed by atoms with van der Waals surface area (Å²) in [5.74, 6) is -0.883. The topological polar surface area (TPSA) is 78.9 Å². The lowest BCUT2D eigenvalue weighted by Gasteiger charge is -2.22. The van der Waals surface area contributed by atoms with Gasteiger partial charge in [-0.3, -0.25) is 0 Å². The van der Waals surface area contributed by atoms with Crippen LogP contribution in [0.2, 0.25) is 0 Å². The molecule has 0 bridgehead atoms. The van der Waals surface area contributed by atoms with Crippen molar-refractivity contribution in [3.8, 4) is 5.75 Å². The minimum atomic E-state index is -0.448. The normalized spacial score (nSPS) is 13.8. The molecule has 0 aliphatic heterocycles. The summed E-state index contributed by atoms with van der Waals surface area (Å²) in [6, 6.07) is 16.9. The average Bonchev–Trinajstić information content (AvgIpc) is 2.95. The second-order valence-electron chi connectivity index (χ2n) is 9.50. The van der Waals surface area contributed by atoms with Crippen molar-refractivity contribution in [2.75, 3.05) is 0 Å². The van der Waals surface area contributed by atoms with Crippen LogP contribution >= 0.6 is 0 Å². The molecule has 3 aromatic carbocycles. The predicted octanol–water partition coefficient (Wildman–Crippen LogP) is 6.77. The van der Waals surface area contributed by atoms with Gasteiger partial charge in [-0.2, -0.15) is 0 Å². The molecule has 1 aliphatic carbocycles. The van der Waals surface area contributed by atoms with Gasteiger partial charge in [-0.1, -0.05) is 56.8 Å². The first-order chi connectivity index (χ1) is 18.8. The number of hydrogen-bond donors (Lipinski definition) is 0. The van der Waals surface area contributed by atoms with Crippen molar-refractivity contribution < 1.29 is 28.6 Å². The van der Waals surface area contributed by atoms with E-state index >= 15 is 0 Å². The zero-order valence-electron chi connectivity index (χ0n) is 22.3. The van der Waals surface area contributed by atoms with Crippen molar-refractivity contribution in [3.05, 3.63) is 114 Å². The van der Waals surface area contributed by atoms with Crippen LogP contribution < -0.4 is 4.74 Å². The van der Waals surface area contributed by atoms with E-state index in [0.29, 0.717) is 30.6 Å². The van der Waals surface area contributed by atoms with Crippen molar-refractivity contribution in [3.63, 3.8) is 0 Å². The Bertz CT molecular complexity index is 1460. The number of esters is 3. The van der Waals surface area contributed by atoms with Gasteiger partial charge in [-0.25, -0.2) is 14.4 Å². The summed E-state index contributed by atoms with van der Waals surface area (Å²) in [4.78, 5) is 36.2. The van der Waals surface area contributed by atoms with E-state index in [9.17, 15) is 14.4 Å². The molecule has 39 heavy (non-hydrogen) atoms. The van der Waals surface area contributed by atoms with E-state index in [1.165, 1.54) is 6.08 Å². The Morgan fingerprint density at radius 2 is 1.62 bits per heavy atom. The molecule has 0 fully saturated rings. The van der Waals surface area contributed by atoms with Crippen LogP contribution in [0.15, 0.2) is 91.6 Å². The zero-order chi connectivity index (χ0) is 27.9. The Hall–Kier alpha value is -4.45. The fourth-order valence-electron chi connectivity index (χ4n) is 4.67. The third-order valence-electron chi connectivity index (χ3n) is 6.80. The maximum Gasteiger partial charge on any atom is 0.343 e. The van der Waals surface area contributed by atoms with Crippen LogP contribution in [-0.4, -0.2) is 24.0 Å². The molecule has 200 valence electrons. The molecule has 3 aromatic rings. The number of carbonyl (C=O) groups excluding carboxylic acids is 3. The van der Waals surface area contributed by atoms with E-state index in [0.717, 1.165) is 45.5 Å². The highest BCUT2D eigenvalue weighted by molar-refractivity contribution is 5.92. The maximum absolute atomic E-state index is 12.9. The number of hydrogen-bond acceptors (Lipinski definition) is 6. The summed E-state index contributed by atoms with van der Waals surface area (Å²) in [7, 11) is 0. The highest BCUT2D eigenvalue weighted by Gasteiger charge is 2.20. The fourth-order valence-corrected chi connectivity index (χ4v) is 4.67. The van der Waals surface area contributed by atoms with Gasteiger partial charge in [0.1, 0.15) is 18.0 Å². The summed E-state index contributed by atoms with van der Waals surface area (Å²) < 4.78 is 16.6. The zero-order valence-corrected chi connectivity index (χ0v) is 22.3. The van der Waals surface area contributed by atoms with E-state index in [1.54, 1.807) is 12.1 Å². The summed E-state index contributed by atoms with van der Waals surface area (Å²) >= 11 is 0. The Labute approximate surface area is 228 Å². The van der Waals surface area contributed by atoms with Gasteiger partial charge in [0.05, 0.1) is 5.56 Å². The first-order valence-corrected chi connectivity index (χ1v) is 13.0. The van der Waals surface area contributed by atoms with E-state index in [1.807, 2.05) is 62.4 Å². The molecular formula is C33H32O6. The molecule has 0 saturated carbocycles. The molecule has 0 spiro atoms. The lowest BCUT2D eigenvalue weighted by atomic mass is 9.88. The van der Waals surface area contributed by atoms with Gasteiger partial charge in [-0.05, 0) is 89.6 Å². The van der Waals surface area contributed by atoms with Gasteiger partial charge in [0.15, 0.2) is 0 Å². The molecule has 2 unspecified atom stereocenters. The lowest BCUT2D eigenvalue weighted by molar-refractivity contribution is -0.144. The third-order valence-corrected chi connectivity index (χ3v) is 6.80. The van der Waals surface area contributed by atoms with Crippen molar-refractivity contribution in [1.82, 2.24) is 0 Å². The van der Waals surface area contributed by atoms with Crippen molar-refractivity contribution in [1.29, 1.82) is 0 Å². The van der Waals surface area contributed by atoms with Gasteiger partial charge in [0, 0.05) is 12.2 Å². The fraction of sp³-hybridized carbons (Fsp3) is 0.242. The summed E-state index contributed by atoms with van der Waals surface area (Å²) in [6.07, 6.45) is 6.55. The molecule has 6 nitrogen and oxygen atoms in total. The van der Waals surface area contributed by atoms with Crippen LogP contribution in [-0.2, 0) is 31.9 Å². The van der Waals surface area contributed by atoms with Crippen LogP contribution in [0.4, 0.5) is 0 Å². The first-order valence-electron chi connectivity index (χ1n) is 13.0. The predicted molar refractivity (Wildman–Crippen MR) is 151 cm³/mol. The van der Waals surface area contributed by atoms with Gasteiger partial charge in [-0.15, -0.1) is 0 Å². The van der Waals surface area contributed by atoms with Crippen LogP contribution in [0.25, 0.3) is 10.8 Å². The van der Waals surface area contributed by atoms with Crippen LogP contribution in [0, 0.1) is 0 Å². The number of fused-ring (bicyclic) bond motifs is 2. The molecular weight excluding hydrogens is 492 g/mol. The van der Waals surface area contributed by atoms with Crippen LogP contribution in [0.5, 0.6) is 5.75 Å². The highest BCUT2D eigenvalue weighted by atomic mass is 16.5. The van der Waals surface area contributed by atoms with Gasteiger partial charge >= 0.3 is 17.9 Å². The number of benzene rings is 3.